The van der Waals surface area contributed by atoms with E-state index >= 15 is 0 Å². The molecule has 1 rings (SSSR count). The number of aliphatic hydroxyl groups is 1. The zero-order valence-electron chi connectivity index (χ0n) is 7.41. The second-order valence-electron chi connectivity index (χ2n) is 3.37. The van der Waals surface area contributed by atoms with Gasteiger partial charge < -0.3 is 14.6 Å². The van der Waals surface area contributed by atoms with E-state index in [1.54, 1.807) is 0 Å². The smallest absolute Gasteiger partial charge is 0.163 e. The Balaban J connectivity index is 2.34. The molecule has 0 aliphatic carbocycles. The molecule has 2 unspecified atom stereocenters. The van der Waals surface area contributed by atoms with Gasteiger partial charge in [0.25, 0.3) is 0 Å². The molecule has 2 atom stereocenters. The van der Waals surface area contributed by atoms with E-state index < -0.39 is 11.9 Å². The second kappa shape index (κ2) is 3.44. The molecular formula is C9H14O3. The van der Waals surface area contributed by atoms with Crippen molar-refractivity contribution in [3.63, 3.8) is 0 Å². The Labute approximate surface area is 72.7 Å². The van der Waals surface area contributed by atoms with Gasteiger partial charge in [-0.1, -0.05) is 5.92 Å². The molecule has 0 radical (unpaired) electrons. The molecule has 1 heterocycles. The minimum atomic E-state index is -0.729. The second-order valence-corrected chi connectivity index (χ2v) is 3.37. The molecule has 1 aliphatic rings. The van der Waals surface area contributed by atoms with Crippen molar-refractivity contribution in [3.8, 4) is 12.3 Å². The van der Waals surface area contributed by atoms with Crippen LogP contribution in [0.4, 0.5) is 0 Å². The van der Waals surface area contributed by atoms with Gasteiger partial charge in [0.2, 0.25) is 0 Å². The van der Waals surface area contributed by atoms with E-state index in [4.69, 9.17) is 21.0 Å². The fourth-order valence-corrected chi connectivity index (χ4v) is 1.20. The van der Waals surface area contributed by atoms with E-state index in [2.05, 4.69) is 5.92 Å². The molecule has 3 nitrogen and oxygen atoms in total. The third kappa shape index (κ3) is 2.49. The van der Waals surface area contributed by atoms with Gasteiger partial charge >= 0.3 is 0 Å². The standard InChI is InChI=1S/C9H14O3/c1-4-7(10)5-8-6-11-9(2,3)12-8/h1,7-8,10H,5-6H2,2-3H3. The maximum atomic E-state index is 9.12. The summed E-state index contributed by atoms with van der Waals surface area (Å²) in [6.45, 7) is 4.19. The lowest BCUT2D eigenvalue weighted by Crippen LogP contribution is -2.23. The molecule has 1 N–H and O–H groups in total. The van der Waals surface area contributed by atoms with E-state index in [0.29, 0.717) is 13.0 Å². The van der Waals surface area contributed by atoms with Gasteiger partial charge in [0.1, 0.15) is 6.10 Å². The van der Waals surface area contributed by atoms with Crippen molar-refractivity contribution in [2.75, 3.05) is 6.61 Å². The molecule has 12 heavy (non-hydrogen) atoms. The van der Waals surface area contributed by atoms with Gasteiger partial charge in [-0.05, 0) is 13.8 Å². The van der Waals surface area contributed by atoms with Gasteiger partial charge in [-0.15, -0.1) is 6.42 Å². The number of aliphatic hydroxyl groups excluding tert-OH is 1. The van der Waals surface area contributed by atoms with Gasteiger partial charge in [0.15, 0.2) is 5.79 Å². The van der Waals surface area contributed by atoms with Gasteiger partial charge in [-0.25, -0.2) is 0 Å². The van der Waals surface area contributed by atoms with Crippen molar-refractivity contribution in [1.82, 2.24) is 0 Å². The van der Waals surface area contributed by atoms with Crippen molar-refractivity contribution in [1.29, 1.82) is 0 Å². The van der Waals surface area contributed by atoms with Crippen molar-refractivity contribution in [2.45, 2.75) is 38.3 Å². The number of rotatable bonds is 2. The minimum absolute atomic E-state index is 0.0777. The molecule has 1 fully saturated rings. The SMILES string of the molecule is C#CC(O)CC1COC(C)(C)O1. The fraction of sp³-hybridized carbons (Fsp3) is 0.778. The summed E-state index contributed by atoms with van der Waals surface area (Å²) in [6.07, 6.45) is 4.66. The summed E-state index contributed by atoms with van der Waals surface area (Å²) < 4.78 is 10.7. The van der Waals surface area contributed by atoms with Crippen LogP contribution < -0.4 is 0 Å². The summed E-state index contributed by atoms with van der Waals surface area (Å²) in [5, 5.41) is 9.12. The molecule has 0 spiro atoms. The van der Waals surface area contributed by atoms with Crippen molar-refractivity contribution in [3.05, 3.63) is 0 Å². The number of hydrogen-bond acceptors (Lipinski definition) is 3. The van der Waals surface area contributed by atoms with Gasteiger partial charge in [0.05, 0.1) is 12.7 Å². The molecule has 1 aliphatic heterocycles. The number of terminal acetylenes is 1. The van der Waals surface area contributed by atoms with Crippen LogP contribution in [0.5, 0.6) is 0 Å². The Morgan fingerprint density at radius 1 is 1.75 bits per heavy atom. The normalized spacial score (nSPS) is 29.7. The molecule has 1 saturated heterocycles. The fourth-order valence-electron chi connectivity index (χ4n) is 1.20. The summed E-state index contributed by atoms with van der Waals surface area (Å²) in [5.41, 5.74) is 0. The Morgan fingerprint density at radius 3 is 2.83 bits per heavy atom. The Morgan fingerprint density at radius 2 is 2.42 bits per heavy atom. The highest BCUT2D eigenvalue weighted by Crippen LogP contribution is 2.24. The lowest BCUT2D eigenvalue weighted by molar-refractivity contribution is -0.140. The van der Waals surface area contributed by atoms with Crippen LogP contribution in [0.25, 0.3) is 0 Å². The summed E-state index contributed by atoms with van der Waals surface area (Å²) in [4.78, 5) is 0. The van der Waals surface area contributed by atoms with Crippen LogP contribution in [0.3, 0.4) is 0 Å². The Hall–Kier alpha value is -0.560. The zero-order valence-corrected chi connectivity index (χ0v) is 7.41. The highest BCUT2D eigenvalue weighted by molar-refractivity contribution is 4.95. The lowest BCUT2D eigenvalue weighted by Gasteiger charge is -2.17. The first-order valence-corrected chi connectivity index (χ1v) is 3.99. The molecule has 0 saturated carbocycles. The first-order chi connectivity index (χ1) is 5.53. The van der Waals surface area contributed by atoms with Crippen LogP contribution in [0.15, 0.2) is 0 Å². The van der Waals surface area contributed by atoms with Gasteiger partial charge in [-0.2, -0.15) is 0 Å². The zero-order chi connectivity index (χ0) is 9.19. The van der Waals surface area contributed by atoms with Crippen molar-refractivity contribution >= 4 is 0 Å². The number of ether oxygens (including phenoxy) is 2. The van der Waals surface area contributed by atoms with E-state index in [0.717, 1.165) is 0 Å². The summed E-state index contributed by atoms with van der Waals surface area (Å²) in [7, 11) is 0. The van der Waals surface area contributed by atoms with Crippen LogP contribution in [0.1, 0.15) is 20.3 Å². The van der Waals surface area contributed by atoms with Crippen LogP contribution in [-0.2, 0) is 9.47 Å². The Bertz CT molecular complexity index is 192. The van der Waals surface area contributed by atoms with E-state index in [-0.39, 0.29) is 6.10 Å². The average Bonchev–Trinajstić information content (AvgIpc) is 2.30. The quantitative estimate of drug-likeness (QED) is 0.614. The van der Waals surface area contributed by atoms with Crippen LogP contribution >= 0.6 is 0 Å². The number of hydrogen-bond donors (Lipinski definition) is 1. The molecule has 0 aromatic rings. The molecule has 0 aromatic heterocycles. The van der Waals surface area contributed by atoms with Gasteiger partial charge in [0, 0.05) is 6.42 Å². The van der Waals surface area contributed by atoms with Gasteiger partial charge in [-0.3, -0.25) is 0 Å². The molecule has 0 amide bonds. The van der Waals surface area contributed by atoms with E-state index in [9.17, 15) is 0 Å². The first kappa shape index (κ1) is 9.53. The highest BCUT2D eigenvalue weighted by Gasteiger charge is 2.33. The molecule has 0 bridgehead atoms. The predicted octanol–water partition coefficient (Wildman–Crippen LogP) is 0.522. The predicted molar refractivity (Wildman–Crippen MR) is 44.4 cm³/mol. The van der Waals surface area contributed by atoms with Crippen molar-refractivity contribution < 1.29 is 14.6 Å². The third-order valence-corrected chi connectivity index (χ3v) is 1.75. The summed E-state index contributed by atoms with van der Waals surface area (Å²) in [6, 6.07) is 0. The molecular weight excluding hydrogens is 156 g/mol. The van der Waals surface area contributed by atoms with Crippen molar-refractivity contribution in [2.24, 2.45) is 0 Å². The van der Waals surface area contributed by atoms with Crippen LogP contribution in [-0.4, -0.2) is 29.7 Å². The average molecular weight is 170 g/mol. The lowest BCUT2D eigenvalue weighted by atomic mass is 10.2. The van der Waals surface area contributed by atoms with Crippen LogP contribution in [0, 0.1) is 12.3 Å². The maximum Gasteiger partial charge on any atom is 0.163 e. The van der Waals surface area contributed by atoms with Crippen LogP contribution in [0.2, 0.25) is 0 Å². The topological polar surface area (TPSA) is 38.7 Å². The highest BCUT2D eigenvalue weighted by atomic mass is 16.7. The maximum absolute atomic E-state index is 9.12. The molecule has 68 valence electrons. The largest absolute Gasteiger partial charge is 0.380 e. The van der Waals surface area contributed by atoms with E-state index in [1.807, 2.05) is 13.8 Å². The first-order valence-electron chi connectivity index (χ1n) is 3.99. The van der Waals surface area contributed by atoms with E-state index in [1.165, 1.54) is 0 Å². The Kier molecular flexibility index (Phi) is 2.73. The molecule has 3 heteroatoms. The third-order valence-electron chi connectivity index (χ3n) is 1.75. The minimum Gasteiger partial charge on any atom is -0.380 e. The monoisotopic (exact) mass is 170 g/mol. The summed E-state index contributed by atoms with van der Waals surface area (Å²) >= 11 is 0. The molecule has 0 aromatic carbocycles. The summed E-state index contributed by atoms with van der Waals surface area (Å²) in [5.74, 6) is 1.71.